The molecule has 0 radical (unpaired) electrons. The molecule has 0 aromatic carbocycles. The fraction of sp³-hybridized carbons (Fsp3) is 0.500. The third kappa shape index (κ3) is 5.20. The molecule has 0 aliphatic rings. The predicted octanol–water partition coefficient (Wildman–Crippen LogP) is 1.70. The van der Waals surface area contributed by atoms with E-state index in [0.717, 1.165) is 0 Å². The van der Waals surface area contributed by atoms with E-state index in [4.69, 9.17) is 9.47 Å². The third-order valence-corrected chi connectivity index (χ3v) is 1.22. The van der Waals surface area contributed by atoms with Gasteiger partial charge < -0.3 is 9.47 Å². The summed E-state index contributed by atoms with van der Waals surface area (Å²) in [6.07, 6.45) is 3.02. The van der Waals surface area contributed by atoms with Crippen LogP contribution in [-0.2, 0) is 14.3 Å². The number of ether oxygens (including phenoxy) is 2. The minimum atomic E-state index is -0.350. The third-order valence-electron chi connectivity index (χ3n) is 1.22. The van der Waals surface area contributed by atoms with E-state index in [1.165, 1.54) is 13.2 Å². The van der Waals surface area contributed by atoms with E-state index in [1.807, 2.05) is 0 Å². The maximum Gasteiger partial charge on any atom is 0.336 e. The van der Waals surface area contributed by atoms with Gasteiger partial charge in [0.15, 0.2) is 0 Å². The SMILES string of the molecule is C=CC=C(COC)C(=O)OC(C)C. The second-order valence-electron chi connectivity index (χ2n) is 2.81. The maximum atomic E-state index is 11.3. The van der Waals surface area contributed by atoms with Gasteiger partial charge in [-0.05, 0) is 13.8 Å². The van der Waals surface area contributed by atoms with Crippen LogP contribution in [0, 0.1) is 0 Å². The lowest BCUT2D eigenvalue weighted by Gasteiger charge is -2.09. The van der Waals surface area contributed by atoms with Gasteiger partial charge in [0.1, 0.15) is 0 Å². The molecule has 0 saturated carbocycles. The number of carbonyl (C=O) groups excluding carboxylic acids is 1. The van der Waals surface area contributed by atoms with Crippen LogP contribution in [0.2, 0.25) is 0 Å². The second kappa shape index (κ2) is 6.43. The summed E-state index contributed by atoms with van der Waals surface area (Å²) in [6, 6.07) is 0. The van der Waals surface area contributed by atoms with E-state index in [9.17, 15) is 4.79 Å². The van der Waals surface area contributed by atoms with E-state index < -0.39 is 0 Å². The minimum Gasteiger partial charge on any atom is -0.460 e. The average Bonchev–Trinajstić information content (AvgIpc) is 2.02. The molecular weight excluding hydrogens is 168 g/mol. The molecule has 0 aromatic heterocycles. The predicted molar refractivity (Wildman–Crippen MR) is 51.4 cm³/mol. The molecule has 13 heavy (non-hydrogen) atoms. The molecule has 0 aliphatic carbocycles. The molecular formula is C10H16O3. The molecule has 0 amide bonds. The molecule has 0 heterocycles. The smallest absolute Gasteiger partial charge is 0.336 e. The normalized spacial score (nSPS) is 11.5. The second-order valence-corrected chi connectivity index (χ2v) is 2.81. The molecule has 0 fully saturated rings. The Bertz CT molecular complexity index is 204. The van der Waals surface area contributed by atoms with Crippen LogP contribution >= 0.6 is 0 Å². The number of esters is 1. The molecule has 0 N–H and O–H groups in total. The molecule has 0 bridgehead atoms. The van der Waals surface area contributed by atoms with Crippen LogP contribution in [0.1, 0.15) is 13.8 Å². The minimum absolute atomic E-state index is 0.113. The van der Waals surface area contributed by atoms with Gasteiger partial charge in [-0.1, -0.05) is 18.7 Å². The van der Waals surface area contributed by atoms with Crippen LogP contribution in [0.5, 0.6) is 0 Å². The molecule has 0 aliphatic heterocycles. The van der Waals surface area contributed by atoms with Crippen molar-refractivity contribution in [1.29, 1.82) is 0 Å². The zero-order valence-corrected chi connectivity index (χ0v) is 8.37. The lowest BCUT2D eigenvalue weighted by atomic mass is 10.2. The van der Waals surface area contributed by atoms with Gasteiger partial charge in [-0.15, -0.1) is 0 Å². The number of hydrogen-bond donors (Lipinski definition) is 0. The Kier molecular flexibility index (Phi) is 5.89. The van der Waals surface area contributed by atoms with Crippen LogP contribution < -0.4 is 0 Å². The summed E-state index contributed by atoms with van der Waals surface area (Å²) in [5, 5.41) is 0. The van der Waals surface area contributed by atoms with Crippen molar-refractivity contribution in [1.82, 2.24) is 0 Å². The molecule has 3 heteroatoms. The van der Waals surface area contributed by atoms with E-state index >= 15 is 0 Å². The van der Waals surface area contributed by atoms with Gasteiger partial charge in [-0.2, -0.15) is 0 Å². The van der Waals surface area contributed by atoms with Crippen LogP contribution in [0.4, 0.5) is 0 Å². The summed E-state index contributed by atoms with van der Waals surface area (Å²) in [4.78, 5) is 11.3. The van der Waals surface area contributed by atoms with Crippen LogP contribution in [0.25, 0.3) is 0 Å². The van der Waals surface area contributed by atoms with Crippen molar-refractivity contribution < 1.29 is 14.3 Å². The van der Waals surface area contributed by atoms with Crippen molar-refractivity contribution in [3.05, 3.63) is 24.3 Å². The standard InChI is InChI=1S/C10H16O3/c1-5-6-9(7-12-4)10(11)13-8(2)3/h5-6,8H,1,7H2,2-4H3. The Morgan fingerprint density at radius 3 is 2.54 bits per heavy atom. The first-order valence-electron chi connectivity index (χ1n) is 4.13. The zero-order valence-electron chi connectivity index (χ0n) is 8.37. The molecule has 0 aromatic rings. The summed E-state index contributed by atoms with van der Waals surface area (Å²) in [5.41, 5.74) is 0.478. The van der Waals surface area contributed by atoms with Gasteiger partial charge in [0, 0.05) is 7.11 Å². The van der Waals surface area contributed by atoms with E-state index in [-0.39, 0.29) is 18.7 Å². The van der Waals surface area contributed by atoms with Crippen LogP contribution in [0.3, 0.4) is 0 Å². The Balaban J connectivity index is 4.28. The molecule has 3 nitrogen and oxygen atoms in total. The van der Waals surface area contributed by atoms with Gasteiger partial charge in [0.25, 0.3) is 0 Å². The lowest BCUT2D eigenvalue weighted by molar-refractivity contribution is -0.143. The lowest BCUT2D eigenvalue weighted by Crippen LogP contribution is -2.16. The van der Waals surface area contributed by atoms with Gasteiger partial charge in [-0.25, -0.2) is 4.79 Å². The number of methoxy groups -OCH3 is 1. The highest BCUT2D eigenvalue weighted by atomic mass is 16.5. The number of rotatable bonds is 5. The maximum absolute atomic E-state index is 11.3. The first-order chi connectivity index (χ1) is 6.11. The van der Waals surface area contributed by atoms with Crippen LogP contribution in [0.15, 0.2) is 24.3 Å². The van der Waals surface area contributed by atoms with Gasteiger partial charge >= 0.3 is 5.97 Å². The first kappa shape index (κ1) is 11.9. The highest BCUT2D eigenvalue weighted by Gasteiger charge is 2.11. The Labute approximate surface area is 79.0 Å². The van der Waals surface area contributed by atoms with E-state index in [0.29, 0.717) is 5.57 Å². The molecule has 0 unspecified atom stereocenters. The summed E-state index contributed by atoms with van der Waals surface area (Å²) in [7, 11) is 1.53. The number of hydrogen-bond acceptors (Lipinski definition) is 3. The molecule has 0 atom stereocenters. The Hall–Kier alpha value is -1.09. The van der Waals surface area contributed by atoms with Crippen molar-refractivity contribution in [2.75, 3.05) is 13.7 Å². The largest absolute Gasteiger partial charge is 0.460 e. The quantitative estimate of drug-likeness (QED) is 0.370. The summed E-state index contributed by atoms with van der Waals surface area (Å²) < 4.78 is 9.82. The number of allylic oxidation sites excluding steroid dienone is 2. The molecule has 0 saturated heterocycles. The van der Waals surface area contributed by atoms with Crippen LogP contribution in [-0.4, -0.2) is 25.8 Å². The molecule has 74 valence electrons. The average molecular weight is 184 g/mol. The fourth-order valence-corrected chi connectivity index (χ4v) is 0.763. The highest BCUT2D eigenvalue weighted by Crippen LogP contribution is 2.02. The topological polar surface area (TPSA) is 35.5 Å². The monoisotopic (exact) mass is 184 g/mol. The molecule has 0 spiro atoms. The van der Waals surface area contributed by atoms with Crippen molar-refractivity contribution >= 4 is 5.97 Å². The summed E-state index contributed by atoms with van der Waals surface area (Å²) in [5.74, 6) is -0.350. The van der Waals surface area contributed by atoms with E-state index in [2.05, 4.69) is 6.58 Å². The van der Waals surface area contributed by atoms with Crippen molar-refractivity contribution in [2.24, 2.45) is 0 Å². The summed E-state index contributed by atoms with van der Waals surface area (Å²) in [6.45, 7) is 7.36. The summed E-state index contributed by atoms with van der Waals surface area (Å²) >= 11 is 0. The van der Waals surface area contributed by atoms with E-state index in [1.54, 1.807) is 19.9 Å². The van der Waals surface area contributed by atoms with Gasteiger partial charge in [0.05, 0.1) is 18.3 Å². The highest BCUT2D eigenvalue weighted by molar-refractivity contribution is 5.89. The number of carbonyl (C=O) groups is 1. The zero-order chi connectivity index (χ0) is 10.3. The molecule has 0 rings (SSSR count). The van der Waals surface area contributed by atoms with Crippen molar-refractivity contribution in [3.63, 3.8) is 0 Å². The fourth-order valence-electron chi connectivity index (χ4n) is 0.763. The van der Waals surface area contributed by atoms with Crippen molar-refractivity contribution in [2.45, 2.75) is 20.0 Å². The van der Waals surface area contributed by atoms with Gasteiger partial charge in [0.2, 0.25) is 0 Å². The van der Waals surface area contributed by atoms with Crippen molar-refractivity contribution in [3.8, 4) is 0 Å². The Morgan fingerprint density at radius 2 is 2.15 bits per heavy atom. The van der Waals surface area contributed by atoms with Gasteiger partial charge in [-0.3, -0.25) is 0 Å². The Morgan fingerprint density at radius 1 is 1.54 bits per heavy atom. The first-order valence-corrected chi connectivity index (χ1v) is 4.13.